The van der Waals surface area contributed by atoms with Crippen LogP contribution in [0.1, 0.15) is 24.4 Å². The van der Waals surface area contributed by atoms with Crippen molar-refractivity contribution < 1.29 is 0 Å². The van der Waals surface area contributed by atoms with Crippen LogP contribution in [0.5, 0.6) is 0 Å². The summed E-state index contributed by atoms with van der Waals surface area (Å²) in [4.78, 5) is 2.07. The van der Waals surface area contributed by atoms with Gasteiger partial charge in [0.05, 0.1) is 0 Å². The van der Waals surface area contributed by atoms with E-state index in [2.05, 4.69) is 23.0 Å². The van der Waals surface area contributed by atoms with Gasteiger partial charge in [0.1, 0.15) is 0 Å². The lowest BCUT2D eigenvalue weighted by molar-refractivity contribution is 0.668. The Morgan fingerprint density at radius 1 is 1.47 bits per heavy atom. The fraction of sp³-hybridized carbons (Fsp3) is 0.385. The first-order valence-electron chi connectivity index (χ1n) is 5.11. The van der Waals surface area contributed by atoms with Crippen LogP contribution in [0, 0.1) is 12.3 Å². The molecule has 2 N–H and O–H groups in total. The highest BCUT2D eigenvalue weighted by molar-refractivity contribution is 5.47. The monoisotopic (exact) mass is 202 g/mol. The highest BCUT2D eigenvalue weighted by atomic mass is 15.1. The second-order valence-electron chi connectivity index (χ2n) is 3.84. The Bertz CT molecular complexity index is 350. The van der Waals surface area contributed by atoms with Gasteiger partial charge in [-0.15, -0.1) is 12.3 Å². The lowest BCUT2D eigenvalue weighted by atomic mass is 10.0. The maximum atomic E-state index is 6.04. The summed E-state index contributed by atoms with van der Waals surface area (Å²) in [6.45, 7) is 0. The fourth-order valence-corrected chi connectivity index (χ4v) is 1.44. The fourth-order valence-electron chi connectivity index (χ4n) is 1.44. The van der Waals surface area contributed by atoms with Gasteiger partial charge in [-0.3, -0.25) is 0 Å². The minimum Gasteiger partial charge on any atom is -0.378 e. The Kier molecular flexibility index (Phi) is 4.20. The van der Waals surface area contributed by atoms with Gasteiger partial charge in [0.25, 0.3) is 0 Å². The molecule has 0 aliphatic carbocycles. The summed E-state index contributed by atoms with van der Waals surface area (Å²) in [6, 6.07) is 8.30. The number of hydrogen-bond acceptors (Lipinski definition) is 2. The van der Waals surface area contributed by atoms with Gasteiger partial charge in [0, 0.05) is 32.2 Å². The van der Waals surface area contributed by atoms with Crippen molar-refractivity contribution >= 4 is 5.69 Å². The molecule has 1 unspecified atom stereocenters. The molecule has 1 aromatic rings. The number of rotatable bonds is 4. The molecule has 0 aromatic heterocycles. The van der Waals surface area contributed by atoms with E-state index in [1.54, 1.807) is 0 Å². The van der Waals surface area contributed by atoms with E-state index in [9.17, 15) is 0 Å². The molecule has 0 radical (unpaired) electrons. The SMILES string of the molecule is C#CCCC(N)c1cccc(N(C)C)c1. The molecule has 0 heterocycles. The normalized spacial score (nSPS) is 11.9. The molecule has 0 spiro atoms. The van der Waals surface area contributed by atoms with Crippen LogP contribution in [0.3, 0.4) is 0 Å². The van der Waals surface area contributed by atoms with Crippen LogP contribution in [0.4, 0.5) is 5.69 Å². The summed E-state index contributed by atoms with van der Waals surface area (Å²) in [5.41, 5.74) is 8.36. The van der Waals surface area contributed by atoms with Crippen molar-refractivity contribution in [3.05, 3.63) is 29.8 Å². The smallest absolute Gasteiger partial charge is 0.0364 e. The van der Waals surface area contributed by atoms with E-state index < -0.39 is 0 Å². The van der Waals surface area contributed by atoms with E-state index in [1.165, 1.54) is 5.69 Å². The molecule has 2 heteroatoms. The predicted molar refractivity (Wildman–Crippen MR) is 65.8 cm³/mol. The average molecular weight is 202 g/mol. The van der Waals surface area contributed by atoms with E-state index in [1.807, 2.05) is 26.2 Å². The number of anilines is 1. The molecule has 80 valence electrons. The summed E-state index contributed by atoms with van der Waals surface area (Å²) >= 11 is 0. The van der Waals surface area contributed by atoms with Crippen LogP contribution in [0.25, 0.3) is 0 Å². The van der Waals surface area contributed by atoms with Gasteiger partial charge in [-0.25, -0.2) is 0 Å². The minimum atomic E-state index is 0.0425. The molecule has 15 heavy (non-hydrogen) atoms. The summed E-state index contributed by atoms with van der Waals surface area (Å²) in [5.74, 6) is 2.62. The third kappa shape index (κ3) is 3.30. The van der Waals surface area contributed by atoms with Gasteiger partial charge < -0.3 is 10.6 Å². The summed E-state index contributed by atoms with van der Waals surface area (Å²) < 4.78 is 0. The Labute approximate surface area is 92.1 Å². The quantitative estimate of drug-likeness (QED) is 0.758. The molecule has 0 aliphatic heterocycles. The van der Waals surface area contributed by atoms with Crippen LogP contribution < -0.4 is 10.6 Å². The van der Waals surface area contributed by atoms with Crippen molar-refractivity contribution in [3.63, 3.8) is 0 Å². The van der Waals surface area contributed by atoms with Crippen molar-refractivity contribution in [2.75, 3.05) is 19.0 Å². The molecular weight excluding hydrogens is 184 g/mol. The molecular formula is C13H18N2. The molecule has 1 aromatic carbocycles. The zero-order valence-electron chi connectivity index (χ0n) is 9.40. The number of nitrogens with zero attached hydrogens (tertiary/aromatic N) is 1. The van der Waals surface area contributed by atoms with Crippen LogP contribution in [-0.4, -0.2) is 14.1 Å². The molecule has 0 saturated heterocycles. The molecule has 0 fully saturated rings. The Morgan fingerprint density at radius 2 is 2.20 bits per heavy atom. The van der Waals surface area contributed by atoms with Crippen molar-refractivity contribution in [3.8, 4) is 12.3 Å². The summed E-state index contributed by atoms with van der Waals surface area (Å²) in [7, 11) is 4.04. The standard InChI is InChI=1S/C13H18N2/c1-4-5-9-13(14)11-7-6-8-12(10-11)15(2)3/h1,6-8,10,13H,5,9,14H2,2-3H3. The maximum absolute atomic E-state index is 6.04. The highest BCUT2D eigenvalue weighted by Gasteiger charge is 2.06. The van der Waals surface area contributed by atoms with Crippen molar-refractivity contribution in [1.82, 2.24) is 0 Å². The highest BCUT2D eigenvalue weighted by Crippen LogP contribution is 2.20. The van der Waals surface area contributed by atoms with Crippen LogP contribution in [0.2, 0.25) is 0 Å². The van der Waals surface area contributed by atoms with Gasteiger partial charge in [-0.05, 0) is 24.1 Å². The molecule has 0 bridgehead atoms. The second-order valence-corrected chi connectivity index (χ2v) is 3.84. The number of hydrogen-bond donors (Lipinski definition) is 1. The predicted octanol–water partition coefficient (Wildman–Crippen LogP) is 2.17. The van der Waals surface area contributed by atoms with Crippen molar-refractivity contribution in [2.45, 2.75) is 18.9 Å². The van der Waals surface area contributed by atoms with Crippen LogP contribution in [-0.2, 0) is 0 Å². The molecule has 0 aliphatic rings. The zero-order valence-corrected chi connectivity index (χ0v) is 9.40. The third-order valence-corrected chi connectivity index (χ3v) is 2.41. The molecule has 2 nitrogen and oxygen atoms in total. The molecule has 0 amide bonds. The first kappa shape index (κ1) is 11.6. The topological polar surface area (TPSA) is 29.3 Å². The van der Waals surface area contributed by atoms with Gasteiger partial charge in [0.2, 0.25) is 0 Å². The average Bonchev–Trinajstić information content (AvgIpc) is 2.26. The lowest BCUT2D eigenvalue weighted by Gasteiger charge is -2.16. The van der Waals surface area contributed by atoms with Crippen LogP contribution >= 0.6 is 0 Å². The number of terminal acetylenes is 1. The first-order valence-corrected chi connectivity index (χ1v) is 5.11. The van der Waals surface area contributed by atoms with Gasteiger partial charge >= 0.3 is 0 Å². The Hall–Kier alpha value is -1.46. The lowest BCUT2D eigenvalue weighted by Crippen LogP contribution is -2.12. The number of nitrogens with two attached hydrogens (primary N) is 1. The van der Waals surface area contributed by atoms with Gasteiger partial charge in [0.15, 0.2) is 0 Å². The second kappa shape index (κ2) is 5.43. The van der Waals surface area contributed by atoms with E-state index in [0.29, 0.717) is 0 Å². The van der Waals surface area contributed by atoms with E-state index in [-0.39, 0.29) is 6.04 Å². The van der Waals surface area contributed by atoms with Crippen molar-refractivity contribution in [1.29, 1.82) is 0 Å². The number of benzene rings is 1. The summed E-state index contributed by atoms with van der Waals surface area (Å²) in [5, 5.41) is 0. The first-order chi connectivity index (χ1) is 7.15. The molecule has 1 rings (SSSR count). The van der Waals surface area contributed by atoms with E-state index in [0.717, 1.165) is 18.4 Å². The molecule has 0 saturated carbocycles. The van der Waals surface area contributed by atoms with Gasteiger partial charge in [-0.1, -0.05) is 12.1 Å². The maximum Gasteiger partial charge on any atom is 0.0364 e. The van der Waals surface area contributed by atoms with Gasteiger partial charge in [-0.2, -0.15) is 0 Å². The van der Waals surface area contributed by atoms with Crippen molar-refractivity contribution in [2.24, 2.45) is 5.73 Å². The Balaban J connectivity index is 2.77. The molecule has 1 atom stereocenters. The van der Waals surface area contributed by atoms with E-state index >= 15 is 0 Å². The van der Waals surface area contributed by atoms with E-state index in [4.69, 9.17) is 12.2 Å². The van der Waals surface area contributed by atoms with Crippen LogP contribution in [0.15, 0.2) is 24.3 Å². The Morgan fingerprint density at radius 3 is 2.80 bits per heavy atom. The minimum absolute atomic E-state index is 0.0425. The summed E-state index contributed by atoms with van der Waals surface area (Å²) in [6.07, 6.45) is 6.79. The largest absolute Gasteiger partial charge is 0.378 e. The third-order valence-electron chi connectivity index (χ3n) is 2.41. The zero-order chi connectivity index (χ0) is 11.3.